The first kappa shape index (κ1) is 11.3. The number of hydrogen-bond donors (Lipinski definition) is 2. The van der Waals surface area contributed by atoms with Crippen molar-refractivity contribution in [1.82, 2.24) is 9.38 Å². The first-order valence-electron chi connectivity index (χ1n) is 5.72. The SMILES string of the molecule is Nc1c(-c2cccnc2)c(C(=O)O)n2ccccc12. The second-order valence-corrected chi connectivity index (χ2v) is 4.14. The van der Waals surface area contributed by atoms with Gasteiger partial charge >= 0.3 is 5.97 Å². The predicted octanol–water partition coefficient (Wildman–Crippen LogP) is 2.28. The standard InChI is InChI=1S/C14H11N3O2/c15-12-10-5-1-2-7-17(10)13(14(18)19)11(12)9-4-3-6-16-8-9/h1-8H,15H2,(H,18,19). The van der Waals surface area contributed by atoms with Gasteiger partial charge in [0.25, 0.3) is 0 Å². The van der Waals surface area contributed by atoms with Gasteiger partial charge in [0, 0.05) is 29.7 Å². The first-order chi connectivity index (χ1) is 9.20. The van der Waals surface area contributed by atoms with Crippen LogP contribution in [0.3, 0.4) is 0 Å². The number of anilines is 1. The highest BCUT2D eigenvalue weighted by atomic mass is 16.4. The highest BCUT2D eigenvalue weighted by Crippen LogP contribution is 2.34. The van der Waals surface area contributed by atoms with Gasteiger partial charge in [-0.15, -0.1) is 0 Å². The van der Waals surface area contributed by atoms with Gasteiger partial charge in [-0.2, -0.15) is 0 Å². The van der Waals surface area contributed by atoms with Gasteiger partial charge in [0.15, 0.2) is 0 Å². The Morgan fingerprint density at radius 1 is 1.26 bits per heavy atom. The third kappa shape index (κ3) is 1.63. The number of carboxylic acids is 1. The summed E-state index contributed by atoms with van der Waals surface area (Å²) in [6, 6.07) is 8.94. The average molecular weight is 253 g/mol. The molecule has 0 saturated carbocycles. The molecule has 0 aliphatic carbocycles. The van der Waals surface area contributed by atoms with Gasteiger partial charge in [0.1, 0.15) is 5.69 Å². The van der Waals surface area contributed by atoms with Crippen molar-refractivity contribution in [3.05, 3.63) is 54.6 Å². The van der Waals surface area contributed by atoms with Crippen molar-refractivity contribution < 1.29 is 9.90 Å². The zero-order valence-corrected chi connectivity index (χ0v) is 9.95. The molecule has 0 radical (unpaired) electrons. The van der Waals surface area contributed by atoms with Crippen molar-refractivity contribution >= 4 is 17.2 Å². The first-order valence-corrected chi connectivity index (χ1v) is 5.72. The van der Waals surface area contributed by atoms with Crippen molar-refractivity contribution in [2.24, 2.45) is 0 Å². The quantitative estimate of drug-likeness (QED) is 0.734. The lowest BCUT2D eigenvalue weighted by Crippen LogP contribution is -2.03. The Labute approximate surface area is 108 Å². The smallest absolute Gasteiger partial charge is 0.353 e. The third-order valence-electron chi connectivity index (χ3n) is 3.04. The average Bonchev–Trinajstić information content (AvgIpc) is 2.74. The van der Waals surface area contributed by atoms with Gasteiger partial charge in [-0.1, -0.05) is 12.1 Å². The summed E-state index contributed by atoms with van der Waals surface area (Å²) in [6.07, 6.45) is 4.93. The van der Waals surface area contributed by atoms with Crippen LogP contribution in [0.1, 0.15) is 10.5 Å². The highest BCUT2D eigenvalue weighted by Gasteiger charge is 2.22. The number of aromatic nitrogens is 2. The van der Waals surface area contributed by atoms with E-state index in [4.69, 9.17) is 5.73 Å². The van der Waals surface area contributed by atoms with Gasteiger partial charge in [-0.3, -0.25) is 4.98 Å². The highest BCUT2D eigenvalue weighted by molar-refractivity contribution is 6.04. The summed E-state index contributed by atoms with van der Waals surface area (Å²) in [5, 5.41) is 9.44. The van der Waals surface area contributed by atoms with Gasteiger partial charge in [-0.05, 0) is 18.2 Å². The fourth-order valence-corrected chi connectivity index (χ4v) is 2.25. The monoisotopic (exact) mass is 253 g/mol. The van der Waals surface area contributed by atoms with E-state index < -0.39 is 5.97 Å². The van der Waals surface area contributed by atoms with Crippen LogP contribution in [0.25, 0.3) is 16.6 Å². The van der Waals surface area contributed by atoms with E-state index in [2.05, 4.69) is 4.98 Å². The Hall–Kier alpha value is -2.82. The molecule has 94 valence electrons. The predicted molar refractivity (Wildman–Crippen MR) is 72.0 cm³/mol. The van der Waals surface area contributed by atoms with E-state index in [0.29, 0.717) is 22.3 Å². The molecule has 5 nitrogen and oxygen atoms in total. The van der Waals surface area contributed by atoms with Crippen molar-refractivity contribution in [2.75, 3.05) is 5.73 Å². The zero-order chi connectivity index (χ0) is 13.4. The van der Waals surface area contributed by atoms with Gasteiger partial charge < -0.3 is 15.2 Å². The maximum atomic E-state index is 11.5. The van der Waals surface area contributed by atoms with Crippen LogP contribution in [0.15, 0.2) is 48.9 Å². The largest absolute Gasteiger partial charge is 0.477 e. The molecule has 0 aliphatic rings. The van der Waals surface area contributed by atoms with Crippen LogP contribution in [-0.4, -0.2) is 20.5 Å². The van der Waals surface area contributed by atoms with Crippen molar-refractivity contribution in [3.63, 3.8) is 0 Å². The topological polar surface area (TPSA) is 80.6 Å². The van der Waals surface area contributed by atoms with Crippen LogP contribution >= 0.6 is 0 Å². The summed E-state index contributed by atoms with van der Waals surface area (Å²) in [5.74, 6) is -1.02. The minimum Gasteiger partial charge on any atom is -0.477 e. The molecule has 0 unspecified atom stereocenters. The number of aromatic carboxylic acids is 1. The molecular formula is C14H11N3O2. The number of carboxylic acid groups (broad SMARTS) is 1. The minimum atomic E-state index is -1.02. The van der Waals surface area contributed by atoms with Crippen LogP contribution in [0, 0.1) is 0 Å². The molecule has 5 heteroatoms. The Balaban J connectivity index is 2.44. The Morgan fingerprint density at radius 3 is 2.79 bits per heavy atom. The molecule has 0 fully saturated rings. The Kier molecular flexibility index (Phi) is 2.45. The van der Waals surface area contributed by atoms with E-state index in [9.17, 15) is 9.90 Å². The third-order valence-corrected chi connectivity index (χ3v) is 3.04. The lowest BCUT2D eigenvalue weighted by molar-refractivity contribution is 0.0690. The van der Waals surface area contributed by atoms with Gasteiger partial charge in [0.05, 0.1) is 11.2 Å². The van der Waals surface area contributed by atoms with Crippen LogP contribution in [-0.2, 0) is 0 Å². The molecule has 0 spiro atoms. The van der Waals surface area contributed by atoms with Crippen LogP contribution in [0.5, 0.6) is 0 Å². The molecule has 0 aliphatic heterocycles. The number of hydrogen-bond acceptors (Lipinski definition) is 3. The summed E-state index contributed by atoms with van der Waals surface area (Å²) in [4.78, 5) is 15.5. The molecular weight excluding hydrogens is 242 g/mol. The summed E-state index contributed by atoms with van der Waals surface area (Å²) in [7, 11) is 0. The molecule has 0 atom stereocenters. The maximum Gasteiger partial charge on any atom is 0.353 e. The van der Waals surface area contributed by atoms with E-state index in [-0.39, 0.29) is 5.69 Å². The van der Waals surface area contributed by atoms with Crippen LogP contribution < -0.4 is 5.73 Å². The van der Waals surface area contributed by atoms with E-state index in [1.807, 2.05) is 6.07 Å². The number of pyridine rings is 2. The number of carbonyl (C=O) groups is 1. The van der Waals surface area contributed by atoms with Gasteiger partial charge in [0.2, 0.25) is 0 Å². The van der Waals surface area contributed by atoms with E-state index in [1.165, 1.54) is 0 Å². The second kappa shape index (κ2) is 4.13. The Bertz CT molecular complexity index is 763. The Morgan fingerprint density at radius 2 is 2.11 bits per heavy atom. The van der Waals surface area contributed by atoms with Gasteiger partial charge in [-0.25, -0.2) is 4.79 Å². The number of nitrogens with two attached hydrogens (primary N) is 1. The fraction of sp³-hybridized carbons (Fsp3) is 0. The van der Waals surface area contributed by atoms with E-state index in [1.54, 1.807) is 47.3 Å². The van der Waals surface area contributed by atoms with Crippen molar-refractivity contribution in [1.29, 1.82) is 0 Å². The molecule has 0 saturated heterocycles. The molecule has 3 rings (SSSR count). The normalized spacial score (nSPS) is 10.7. The fourth-order valence-electron chi connectivity index (χ4n) is 2.25. The minimum absolute atomic E-state index is 0.154. The molecule has 3 aromatic heterocycles. The molecule has 0 aromatic carbocycles. The summed E-state index contributed by atoms with van der Waals surface area (Å²) in [6.45, 7) is 0. The molecule has 0 bridgehead atoms. The molecule has 0 amide bonds. The second-order valence-electron chi connectivity index (χ2n) is 4.14. The molecule has 3 aromatic rings. The van der Waals surface area contributed by atoms with E-state index >= 15 is 0 Å². The number of rotatable bonds is 2. The summed E-state index contributed by atoms with van der Waals surface area (Å²) >= 11 is 0. The summed E-state index contributed by atoms with van der Waals surface area (Å²) < 4.78 is 1.58. The van der Waals surface area contributed by atoms with Crippen molar-refractivity contribution in [3.8, 4) is 11.1 Å². The van der Waals surface area contributed by atoms with Crippen LogP contribution in [0.2, 0.25) is 0 Å². The number of nitrogens with zero attached hydrogens (tertiary/aromatic N) is 2. The molecule has 3 heterocycles. The molecule has 19 heavy (non-hydrogen) atoms. The van der Waals surface area contributed by atoms with E-state index in [0.717, 1.165) is 0 Å². The lowest BCUT2D eigenvalue weighted by atomic mass is 10.1. The van der Waals surface area contributed by atoms with Crippen LogP contribution in [0.4, 0.5) is 5.69 Å². The summed E-state index contributed by atoms with van der Waals surface area (Å²) in [5.41, 5.74) is 8.58. The number of fused-ring (bicyclic) bond motifs is 1. The molecule has 3 N–H and O–H groups in total. The van der Waals surface area contributed by atoms with Crippen molar-refractivity contribution in [2.45, 2.75) is 0 Å². The lowest BCUT2D eigenvalue weighted by Gasteiger charge is -2.02. The maximum absolute atomic E-state index is 11.5. The number of nitrogen functional groups attached to an aromatic ring is 1. The zero-order valence-electron chi connectivity index (χ0n) is 9.95.